The molecule has 0 unspecified atom stereocenters. The number of fused-ring (bicyclic) bond motifs is 4. The standard InChI is InChI=1S/C25H16FN3O4S/c1-14-7-8-20-21(22(14)26)23-18(25(30)33-20)13-19(28-23)16-9-11-27-24-17(16)10-12-29(24)34(31,32)15-5-3-2-4-6-15/h2-13,28H,1H3. The number of benzene rings is 2. The van der Waals surface area contributed by atoms with E-state index in [4.69, 9.17) is 4.42 Å². The molecule has 4 aromatic heterocycles. The molecular formula is C25H16FN3O4S. The Labute approximate surface area is 192 Å². The van der Waals surface area contributed by atoms with Crippen LogP contribution in [0.25, 0.3) is 44.2 Å². The van der Waals surface area contributed by atoms with Crippen LogP contribution in [0.2, 0.25) is 0 Å². The van der Waals surface area contributed by atoms with Crippen LogP contribution in [-0.4, -0.2) is 22.4 Å². The molecule has 0 fully saturated rings. The maximum absolute atomic E-state index is 15.0. The van der Waals surface area contributed by atoms with Crippen LogP contribution in [0.5, 0.6) is 0 Å². The van der Waals surface area contributed by atoms with Crippen molar-refractivity contribution in [3.05, 3.63) is 94.9 Å². The fourth-order valence-electron chi connectivity index (χ4n) is 4.24. The van der Waals surface area contributed by atoms with Gasteiger partial charge in [-0.25, -0.2) is 26.6 Å². The zero-order valence-corrected chi connectivity index (χ0v) is 18.6. The highest BCUT2D eigenvalue weighted by molar-refractivity contribution is 7.90. The summed E-state index contributed by atoms with van der Waals surface area (Å²) in [6.07, 6.45) is 2.93. The zero-order chi connectivity index (χ0) is 23.6. The Hall–Kier alpha value is -4.24. The summed E-state index contributed by atoms with van der Waals surface area (Å²) < 4.78 is 47.8. The Kier molecular flexibility index (Phi) is 4.27. The number of rotatable bonds is 3. The van der Waals surface area contributed by atoms with Crippen molar-refractivity contribution < 1.29 is 17.2 Å². The topological polar surface area (TPSA) is 98.0 Å². The molecule has 0 saturated carbocycles. The maximum atomic E-state index is 15.0. The van der Waals surface area contributed by atoms with Crippen molar-refractivity contribution >= 4 is 42.9 Å². The molecule has 0 atom stereocenters. The molecule has 34 heavy (non-hydrogen) atoms. The Morgan fingerprint density at radius 2 is 1.82 bits per heavy atom. The summed E-state index contributed by atoms with van der Waals surface area (Å²) in [6, 6.07) is 16.1. The van der Waals surface area contributed by atoms with E-state index in [-0.39, 0.29) is 26.9 Å². The second-order valence-corrected chi connectivity index (χ2v) is 9.77. The van der Waals surface area contributed by atoms with Crippen LogP contribution in [0.4, 0.5) is 4.39 Å². The fraction of sp³-hybridized carbons (Fsp3) is 0.0400. The minimum absolute atomic E-state index is 0.139. The molecule has 9 heteroatoms. The molecule has 7 nitrogen and oxygen atoms in total. The summed E-state index contributed by atoms with van der Waals surface area (Å²) in [5, 5.41) is 0.947. The van der Waals surface area contributed by atoms with E-state index in [1.165, 1.54) is 24.5 Å². The third-order valence-corrected chi connectivity index (χ3v) is 7.61. The number of aromatic amines is 1. The highest BCUT2D eigenvalue weighted by Crippen LogP contribution is 2.34. The van der Waals surface area contributed by atoms with Gasteiger partial charge >= 0.3 is 5.63 Å². The van der Waals surface area contributed by atoms with Crippen LogP contribution >= 0.6 is 0 Å². The third-order valence-electron chi connectivity index (χ3n) is 5.93. The molecule has 2 aromatic carbocycles. The molecule has 168 valence electrons. The van der Waals surface area contributed by atoms with Crippen molar-refractivity contribution in [3.8, 4) is 11.3 Å². The fourth-order valence-corrected chi connectivity index (χ4v) is 5.57. The van der Waals surface area contributed by atoms with Crippen LogP contribution in [0.15, 0.2) is 87.2 Å². The molecule has 1 N–H and O–H groups in total. The van der Waals surface area contributed by atoms with E-state index < -0.39 is 21.5 Å². The van der Waals surface area contributed by atoms with E-state index in [1.807, 2.05) is 0 Å². The number of hydrogen-bond donors (Lipinski definition) is 1. The molecular weight excluding hydrogens is 457 g/mol. The molecule has 0 saturated heterocycles. The van der Waals surface area contributed by atoms with Gasteiger partial charge in [0.15, 0.2) is 5.65 Å². The lowest BCUT2D eigenvalue weighted by molar-refractivity contribution is 0.563. The lowest BCUT2D eigenvalue weighted by Crippen LogP contribution is -2.12. The predicted molar refractivity (Wildman–Crippen MR) is 127 cm³/mol. The first kappa shape index (κ1) is 20.4. The lowest BCUT2D eigenvalue weighted by atomic mass is 10.1. The Bertz CT molecular complexity index is 1920. The van der Waals surface area contributed by atoms with E-state index in [0.29, 0.717) is 27.7 Å². The van der Waals surface area contributed by atoms with Gasteiger partial charge in [-0.2, -0.15) is 0 Å². The summed E-state index contributed by atoms with van der Waals surface area (Å²) >= 11 is 0. The van der Waals surface area contributed by atoms with Crippen molar-refractivity contribution in [2.45, 2.75) is 11.8 Å². The molecule has 0 aliphatic rings. The highest BCUT2D eigenvalue weighted by Gasteiger charge is 2.22. The number of hydrogen-bond acceptors (Lipinski definition) is 5. The van der Waals surface area contributed by atoms with Crippen LogP contribution in [0.1, 0.15) is 5.56 Å². The van der Waals surface area contributed by atoms with Gasteiger partial charge in [-0.3, -0.25) is 0 Å². The maximum Gasteiger partial charge on any atom is 0.345 e. The van der Waals surface area contributed by atoms with Gasteiger partial charge in [-0.05, 0) is 48.9 Å². The number of nitrogens with one attached hydrogen (secondary N) is 1. The summed E-state index contributed by atoms with van der Waals surface area (Å²) in [5.74, 6) is -0.473. The first-order valence-electron chi connectivity index (χ1n) is 10.4. The largest absolute Gasteiger partial charge is 0.422 e. The van der Waals surface area contributed by atoms with Gasteiger partial charge in [0.25, 0.3) is 10.0 Å². The molecule has 0 radical (unpaired) electrons. The van der Waals surface area contributed by atoms with Gasteiger partial charge in [0.1, 0.15) is 11.4 Å². The number of aryl methyl sites for hydroxylation is 1. The normalized spacial score (nSPS) is 12.2. The van der Waals surface area contributed by atoms with Crippen molar-refractivity contribution in [3.63, 3.8) is 0 Å². The zero-order valence-electron chi connectivity index (χ0n) is 17.7. The smallest absolute Gasteiger partial charge is 0.345 e. The first-order chi connectivity index (χ1) is 16.4. The predicted octanol–water partition coefficient (Wildman–Crippen LogP) is 4.98. The number of pyridine rings is 1. The van der Waals surface area contributed by atoms with Crippen LogP contribution in [0, 0.1) is 12.7 Å². The van der Waals surface area contributed by atoms with E-state index >= 15 is 0 Å². The quantitative estimate of drug-likeness (QED) is 0.366. The van der Waals surface area contributed by atoms with Crippen molar-refractivity contribution in [2.24, 2.45) is 0 Å². The number of halogens is 1. The first-order valence-corrected chi connectivity index (χ1v) is 11.8. The van der Waals surface area contributed by atoms with Gasteiger partial charge in [-0.15, -0.1) is 0 Å². The SMILES string of the molecule is Cc1ccc2oc(=O)c3cc(-c4ccnc5c4ccn5S(=O)(=O)c4ccccc4)[nH]c3c2c1F. The van der Waals surface area contributed by atoms with Crippen LogP contribution < -0.4 is 5.63 Å². The Balaban J connectivity index is 1.60. The number of H-pyrrole nitrogens is 1. The summed E-state index contributed by atoms with van der Waals surface area (Å²) in [7, 11) is -3.86. The third kappa shape index (κ3) is 2.83. The molecule has 0 spiro atoms. The molecule has 6 aromatic rings. The average molecular weight is 473 g/mol. The Morgan fingerprint density at radius 1 is 1.03 bits per heavy atom. The van der Waals surface area contributed by atoms with Gasteiger partial charge in [-0.1, -0.05) is 24.3 Å². The van der Waals surface area contributed by atoms with Crippen molar-refractivity contribution in [1.29, 1.82) is 0 Å². The van der Waals surface area contributed by atoms with E-state index in [0.717, 1.165) is 3.97 Å². The molecule has 0 aliphatic carbocycles. The van der Waals surface area contributed by atoms with E-state index in [2.05, 4.69) is 9.97 Å². The second kappa shape index (κ2) is 7.13. The van der Waals surface area contributed by atoms with E-state index in [1.54, 1.807) is 55.5 Å². The monoisotopic (exact) mass is 473 g/mol. The number of nitrogens with zero attached hydrogens (tertiary/aromatic N) is 2. The minimum atomic E-state index is -3.86. The second-order valence-electron chi connectivity index (χ2n) is 7.96. The van der Waals surface area contributed by atoms with Crippen LogP contribution in [-0.2, 0) is 10.0 Å². The number of aromatic nitrogens is 3. The average Bonchev–Trinajstić information content (AvgIpc) is 3.48. The molecule has 0 bridgehead atoms. The summed E-state index contributed by atoms with van der Waals surface area (Å²) in [6.45, 7) is 1.64. The van der Waals surface area contributed by atoms with Gasteiger partial charge in [0.2, 0.25) is 0 Å². The highest BCUT2D eigenvalue weighted by atomic mass is 32.2. The lowest BCUT2D eigenvalue weighted by Gasteiger charge is -2.07. The van der Waals surface area contributed by atoms with Gasteiger partial charge in [0.05, 0.1) is 21.2 Å². The van der Waals surface area contributed by atoms with Crippen LogP contribution in [0.3, 0.4) is 0 Å². The molecule has 0 amide bonds. The minimum Gasteiger partial charge on any atom is -0.422 e. The van der Waals surface area contributed by atoms with E-state index in [9.17, 15) is 17.6 Å². The molecule has 4 heterocycles. The van der Waals surface area contributed by atoms with Crippen molar-refractivity contribution in [1.82, 2.24) is 13.9 Å². The summed E-state index contributed by atoms with van der Waals surface area (Å²) in [5.41, 5.74) is 1.66. The summed E-state index contributed by atoms with van der Waals surface area (Å²) in [4.78, 5) is 20.2. The Morgan fingerprint density at radius 3 is 2.62 bits per heavy atom. The molecule has 6 rings (SSSR count). The van der Waals surface area contributed by atoms with Crippen molar-refractivity contribution in [2.75, 3.05) is 0 Å². The van der Waals surface area contributed by atoms with Gasteiger partial charge < -0.3 is 9.40 Å². The molecule has 0 aliphatic heterocycles. The van der Waals surface area contributed by atoms with Gasteiger partial charge in [0, 0.05) is 29.0 Å².